The lowest BCUT2D eigenvalue weighted by atomic mass is 9.76. The Morgan fingerprint density at radius 1 is 0.826 bits per heavy atom. The number of anilines is 2. The van der Waals surface area contributed by atoms with Crippen molar-refractivity contribution in [2.24, 2.45) is 0 Å². The van der Waals surface area contributed by atoms with Gasteiger partial charge in [0.15, 0.2) is 5.60 Å². The number of ether oxygens (including phenoxy) is 4. The van der Waals surface area contributed by atoms with E-state index in [1.807, 2.05) is 13.0 Å². The summed E-state index contributed by atoms with van der Waals surface area (Å²) >= 11 is 0. The molecule has 46 heavy (non-hydrogen) atoms. The lowest BCUT2D eigenvalue weighted by Crippen LogP contribution is -2.42. The molecule has 0 radical (unpaired) electrons. The third-order valence-corrected chi connectivity index (χ3v) is 8.26. The number of carbonyl (C=O) groups is 3. The van der Waals surface area contributed by atoms with Crippen molar-refractivity contribution in [3.05, 3.63) is 81.9 Å². The SMILES string of the molecule is COCCCN(C(C)=O)c1cc2c(cc1C)C1(OC(=O)c3ccccc31)c1cc(C)c(N(CCCOC)C(=O)C(F)(F)F)cc1O2. The minimum absolute atomic E-state index is 0.00866. The molecule has 2 aliphatic rings. The lowest BCUT2D eigenvalue weighted by Gasteiger charge is -2.38. The molecule has 0 N–H and O–H groups in total. The number of fused-ring (bicyclic) bond motifs is 6. The van der Waals surface area contributed by atoms with Gasteiger partial charge in [-0.15, -0.1) is 0 Å². The van der Waals surface area contributed by atoms with Crippen LogP contribution in [0.3, 0.4) is 0 Å². The molecule has 2 aliphatic heterocycles. The zero-order valence-corrected chi connectivity index (χ0v) is 26.2. The van der Waals surface area contributed by atoms with Gasteiger partial charge < -0.3 is 28.7 Å². The van der Waals surface area contributed by atoms with Crippen LogP contribution in [0.4, 0.5) is 24.5 Å². The predicted octanol–water partition coefficient (Wildman–Crippen LogP) is 6.19. The molecule has 0 fully saturated rings. The van der Waals surface area contributed by atoms with E-state index in [9.17, 15) is 27.6 Å². The number of alkyl halides is 3. The van der Waals surface area contributed by atoms with Crippen LogP contribution in [0.5, 0.6) is 11.5 Å². The van der Waals surface area contributed by atoms with Gasteiger partial charge in [-0.25, -0.2) is 4.79 Å². The van der Waals surface area contributed by atoms with Gasteiger partial charge in [0.1, 0.15) is 11.5 Å². The van der Waals surface area contributed by atoms with Crippen molar-refractivity contribution in [3.63, 3.8) is 0 Å². The third-order valence-electron chi connectivity index (χ3n) is 8.26. The predicted molar refractivity (Wildman–Crippen MR) is 164 cm³/mol. The van der Waals surface area contributed by atoms with Crippen LogP contribution in [0.15, 0.2) is 48.5 Å². The molecule has 9 nitrogen and oxygen atoms in total. The Labute approximate surface area is 264 Å². The zero-order chi connectivity index (χ0) is 33.4. The summed E-state index contributed by atoms with van der Waals surface area (Å²) in [6, 6.07) is 13.4. The Kier molecular flexibility index (Phi) is 9.14. The molecule has 2 heterocycles. The Bertz CT molecular complexity index is 1690. The van der Waals surface area contributed by atoms with Gasteiger partial charge in [0, 0.05) is 76.3 Å². The van der Waals surface area contributed by atoms with Gasteiger partial charge in [-0.1, -0.05) is 18.2 Å². The van der Waals surface area contributed by atoms with Crippen LogP contribution in [0.1, 0.15) is 57.9 Å². The second-order valence-electron chi connectivity index (χ2n) is 11.3. The third kappa shape index (κ3) is 5.71. The maximum absolute atomic E-state index is 13.8. The van der Waals surface area contributed by atoms with E-state index in [1.165, 1.54) is 20.1 Å². The second-order valence-corrected chi connectivity index (χ2v) is 11.3. The molecular weight excluding hydrogens is 605 g/mol. The summed E-state index contributed by atoms with van der Waals surface area (Å²) in [5, 5.41) is 0. The summed E-state index contributed by atoms with van der Waals surface area (Å²) in [6.07, 6.45) is -4.41. The van der Waals surface area contributed by atoms with Crippen molar-refractivity contribution in [2.75, 3.05) is 50.3 Å². The number of hydrogen-bond donors (Lipinski definition) is 0. The molecule has 0 saturated carbocycles. The van der Waals surface area contributed by atoms with Gasteiger partial charge in [0.25, 0.3) is 0 Å². The summed E-state index contributed by atoms with van der Waals surface area (Å²) in [5.41, 5.74) is 1.86. The topological polar surface area (TPSA) is 94.6 Å². The molecule has 1 atom stereocenters. The molecular formula is C34H35F3N2O7. The summed E-state index contributed by atoms with van der Waals surface area (Å²) < 4.78 is 64.2. The normalized spacial score (nSPS) is 16.3. The van der Waals surface area contributed by atoms with Crippen LogP contribution in [-0.2, 0) is 29.4 Å². The highest BCUT2D eigenvalue weighted by Gasteiger charge is 2.54. The molecule has 3 aromatic carbocycles. The van der Waals surface area contributed by atoms with Crippen molar-refractivity contribution < 1.29 is 46.5 Å². The number of halogens is 3. The molecule has 244 valence electrons. The van der Waals surface area contributed by atoms with Crippen LogP contribution in [0.2, 0.25) is 0 Å². The minimum Gasteiger partial charge on any atom is -0.456 e. The Morgan fingerprint density at radius 2 is 1.35 bits per heavy atom. The Balaban J connectivity index is 1.73. The minimum atomic E-state index is -5.13. The average molecular weight is 641 g/mol. The van der Waals surface area contributed by atoms with Crippen LogP contribution < -0.4 is 14.5 Å². The first kappa shape index (κ1) is 33.0. The van der Waals surface area contributed by atoms with Gasteiger partial charge in [0.05, 0.1) is 16.9 Å². The van der Waals surface area contributed by atoms with E-state index in [1.54, 1.807) is 55.3 Å². The molecule has 3 aromatic rings. The van der Waals surface area contributed by atoms with Crippen LogP contribution in [0, 0.1) is 13.8 Å². The van der Waals surface area contributed by atoms with E-state index >= 15 is 0 Å². The van der Waals surface area contributed by atoms with Gasteiger partial charge >= 0.3 is 18.1 Å². The highest BCUT2D eigenvalue weighted by atomic mass is 19.4. The number of benzene rings is 3. The summed E-state index contributed by atoms with van der Waals surface area (Å²) in [7, 11) is 3.00. The van der Waals surface area contributed by atoms with Crippen molar-refractivity contribution in [1.29, 1.82) is 0 Å². The van der Waals surface area contributed by atoms with Crippen molar-refractivity contribution in [2.45, 2.75) is 45.4 Å². The van der Waals surface area contributed by atoms with E-state index in [2.05, 4.69) is 0 Å². The van der Waals surface area contributed by atoms with E-state index in [-0.39, 0.29) is 42.7 Å². The van der Waals surface area contributed by atoms with E-state index < -0.39 is 23.7 Å². The van der Waals surface area contributed by atoms with Crippen molar-refractivity contribution in [3.8, 4) is 11.5 Å². The first-order valence-corrected chi connectivity index (χ1v) is 14.8. The van der Waals surface area contributed by atoms with Gasteiger partial charge in [-0.05, 0) is 56.0 Å². The largest absolute Gasteiger partial charge is 0.471 e. The number of rotatable bonds is 10. The second kappa shape index (κ2) is 12.8. The van der Waals surface area contributed by atoms with E-state index in [0.29, 0.717) is 63.5 Å². The number of esters is 1. The maximum atomic E-state index is 13.8. The lowest BCUT2D eigenvalue weighted by molar-refractivity contribution is -0.170. The fourth-order valence-electron chi connectivity index (χ4n) is 6.20. The molecule has 0 saturated heterocycles. The number of methoxy groups -OCH3 is 2. The fraction of sp³-hybridized carbons (Fsp3) is 0.382. The molecule has 0 aromatic heterocycles. The molecule has 1 unspecified atom stereocenters. The molecule has 12 heteroatoms. The highest BCUT2D eigenvalue weighted by Crippen LogP contribution is 2.58. The molecule has 5 rings (SSSR count). The van der Waals surface area contributed by atoms with Gasteiger partial charge in [-0.2, -0.15) is 13.2 Å². The molecule has 0 aliphatic carbocycles. The number of carbonyl (C=O) groups excluding carboxylic acids is 3. The quantitative estimate of drug-likeness (QED) is 0.193. The average Bonchev–Trinajstić information content (AvgIpc) is 3.30. The zero-order valence-electron chi connectivity index (χ0n) is 26.2. The first-order chi connectivity index (χ1) is 21.8. The number of aryl methyl sites for hydroxylation is 2. The van der Waals surface area contributed by atoms with E-state index in [4.69, 9.17) is 18.9 Å². The van der Waals surface area contributed by atoms with E-state index in [0.717, 1.165) is 0 Å². The summed E-state index contributed by atoms with van der Waals surface area (Å²) in [5.74, 6) is -2.46. The van der Waals surface area contributed by atoms with Crippen LogP contribution >= 0.6 is 0 Å². The van der Waals surface area contributed by atoms with Crippen LogP contribution in [-0.4, -0.2) is 64.5 Å². The fourth-order valence-corrected chi connectivity index (χ4v) is 6.20. The van der Waals surface area contributed by atoms with Crippen LogP contribution in [0.25, 0.3) is 0 Å². The monoisotopic (exact) mass is 640 g/mol. The number of nitrogens with zero attached hydrogens (tertiary/aromatic N) is 2. The van der Waals surface area contributed by atoms with Gasteiger partial charge in [-0.3, -0.25) is 9.59 Å². The molecule has 0 bridgehead atoms. The maximum Gasteiger partial charge on any atom is 0.471 e. The van der Waals surface area contributed by atoms with Gasteiger partial charge in [0.2, 0.25) is 5.91 Å². The number of amides is 2. The Hall–Kier alpha value is -4.42. The molecule has 2 amide bonds. The smallest absolute Gasteiger partial charge is 0.456 e. The summed E-state index contributed by atoms with van der Waals surface area (Å²) in [6.45, 7) is 5.56. The Morgan fingerprint density at radius 3 is 1.87 bits per heavy atom. The standard InChI is InChI=1S/C34H35F3N2O7/c1-20-16-25-29(18-27(20)38(22(3)40)12-8-14-43-4)45-30-19-28(39(13-9-15-44-5)32(42)34(35,36)37)21(2)17-26(30)33(25)24-11-7-6-10-23(24)31(41)46-33/h6-7,10-11,16-19H,8-9,12-15H2,1-5H3. The van der Waals surface area contributed by atoms with Crippen molar-refractivity contribution >= 4 is 29.2 Å². The number of hydrogen-bond acceptors (Lipinski definition) is 7. The van der Waals surface area contributed by atoms with Crippen molar-refractivity contribution in [1.82, 2.24) is 0 Å². The first-order valence-electron chi connectivity index (χ1n) is 14.8. The molecule has 1 spiro atoms. The summed E-state index contributed by atoms with van der Waals surface area (Å²) in [4.78, 5) is 41.0. The highest BCUT2D eigenvalue weighted by molar-refractivity contribution is 6.00.